The van der Waals surface area contributed by atoms with Gasteiger partial charge in [0.1, 0.15) is 0 Å². The number of benzene rings is 1. The Morgan fingerprint density at radius 1 is 1.40 bits per heavy atom. The van der Waals surface area contributed by atoms with Gasteiger partial charge in [0.25, 0.3) is 0 Å². The van der Waals surface area contributed by atoms with E-state index in [4.69, 9.17) is 10.5 Å². The number of anilines is 1. The van der Waals surface area contributed by atoms with Crippen LogP contribution in [0, 0.1) is 19.8 Å². The normalized spacial score (nSPS) is 18.5. The quantitative estimate of drug-likeness (QED) is 0.847. The third-order valence-electron chi connectivity index (χ3n) is 3.72. The summed E-state index contributed by atoms with van der Waals surface area (Å²) in [6.45, 7) is 4.96. The molecule has 1 aliphatic rings. The van der Waals surface area contributed by atoms with Gasteiger partial charge in [-0.3, -0.25) is 4.79 Å². The first-order valence-corrected chi connectivity index (χ1v) is 6.68. The second-order valence-corrected chi connectivity index (χ2v) is 5.26. The number of hydrogen-bond acceptors (Lipinski definition) is 4. The fraction of sp³-hybridized carbons (Fsp3) is 0.467. The average molecular weight is 276 g/mol. The Bertz CT molecular complexity index is 531. The molecule has 1 heterocycles. The van der Waals surface area contributed by atoms with Crippen LogP contribution in [0.1, 0.15) is 27.9 Å². The lowest BCUT2D eigenvalue weighted by atomic mass is 10.0. The largest absolute Gasteiger partial charge is 0.465 e. The molecular weight excluding hydrogens is 256 g/mol. The molecule has 5 heteroatoms. The van der Waals surface area contributed by atoms with Crippen molar-refractivity contribution >= 4 is 17.6 Å². The number of carbonyl (C=O) groups excluding carboxylic acids is 2. The van der Waals surface area contributed by atoms with Crippen LogP contribution in [0.4, 0.5) is 5.69 Å². The zero-order valence-corrected chi connectivity index (χ0v) is 12.1. The predicted octanol–water partition coefficient (Wildman–Crippen LogP) is 1.40. The Balaban J connectivity index is 2.38. The summed E-state index contributed by atoms with van der Waals surface area (Å²) in [5, 5.41) is 0. The average Bonchev–Trinajstić information content (AvgIpc) is 2.78. The van der Waals surface area contributed by atoms with Crippen LogP contribution in [0.2, 0.25) is 0 Å². The molecule has 0 aliphatic carbocycles. The topological polar surface area (TPSA) is 72.6 Å². The van der Waals surface area contributed by atoms with Gasteiger partial charge in [0.05, 0.1) is 12.7 Å². The van der Waals surface area contributed by atoms with E-state index in [1.165, 1.54) is 7.11 Å². The fourth-order valence-corrected chi connectivity index (χ4v) is 2.77. The summed E-state index contributed by atoms with van der Waals surface area (Å²) in [4.78, 5) is 25.5. The van der Waals surface area contributed by atoms with Gasteiger partial charge in [0.15, 0.2) is 0 Å². The van der Waals surface area contributed by atoms with Crippen molar-refractivity contribution in [1.29, 1.82) is 0 Å². The Hall–Kier alpha value is -1.88. The van der Waals surface area contributed by atoms with E-state index in [2.05, 4.69) is 0 Å². The molecule has 1 aromatic rings. The number of aryl methyl sites for hydroxylation is 2. The molecule has 2 rings (SSSR count). The number of nitrogens with two attached hydrogens (primary N) is 1. The molecule has 0 aromatic heterocycles. The molecular formula is C15H20N2O3. The molecule has 20 heavy (non-hydrogen) atoms. The van der Waals surface area contributed by atoms with Crippen LogP contribution < -0.4 is 10.6 Å². The van der Waals surface area contributed by atoms with E-state index in [0.717, 1.165) is 16.8 Å². The van der Waals surface area contributed by atoms with Crippen LogP contribution in [0.15, 0.2) is 12.1 Å². The van der Waals surface area contributed by atoms with E-state index in [1.54, 1.807) is 17.0 Å². The summed E-state index contributed by atoms with van der Waals surface area (Å²) in [7, 11) is 1.36. The second-order valence-electron chi connectivity index (χ2n) is 5.26. The van der Waals surface area contributed by atoms with Gasteiger partial charge < -0.3 is 15.4 Å². The van der Waals surface area contributed by atoms with Crippen LogP contribution in [-0.4, -0.2) is 32.1 Å². The first-order chi connectivity index (χ1) is 9.47. The smallest absolute Gasteiger partial charge is 0.337 e. The summed E-state index contributed by atoms with van der Waals surface area (Å²) in [5.41, 5.74) is 8.85. The van der Waals surface area contributed by atoms with E-state index >= 15 is 0 Å². The minimum Gasteiger partial charge on any atom is -0.465 e. The lowest BCUT2D eigenvalue weighted by Crippen LogP contribution is -2.27. The van der Waals surface area contributed by atoms with E-state index < -0.39 is 0 Å². The molecule has 0 bridgehead atoms. The lowest BCUT2D eigenvalue weighted by Gasteiger charge is -2.22. The molecule has 0 radical (unpaired) electrons. The van der Waals surface area contributed by atoms with E-state index in [-0.39, 0.29) is 17.8 Å². The van der Waals surface area contributed by atoms with Crippen molar-refractivity contribution in [3.05, 3.63) is 28.8 Å². The maximum absolute atomic E-state index is 12.1. The van der Waals surface area contributed by atoms with Crippen molar-refractivity contribution in [1.82, 2.24) is 0 Å². The molecule has 5 nitrogen and oxygen atoms in total. The summed E-state index contributed by atoms with van der Waals surface area (Å²) >= 11 is 0. The SMILES string of the molecule is COC(=O)c1cc(C)c(N2CC(CN)CC2=O)c(C)c1. The molecule has 108 valence electrons. The molecule has 0 spiro atoms. The Kier molecular flexibility index (Phi) is 4.09. The van der Waals surface area contributed by atoms with Crippen molar-refractivity contribution in [3.8, 4) is 0 Å². The minimum atomic E-state index is -0.365. The Morgan fingerprint density at radius 2 is 2.00 bits per heavy atom. The van der Waals surface area contributed by atoms with E-state index in [9.17, 15) is 9.59 Å². The van der Waals surface area contributed by atoms with Gasteiger partial charge in [0.2, 0.25) is 5.91 Å². The van der Waals surface area contributed by atoms with Gasteiger partial charge in [-0.05, 0) is 49.6 Å². The van der Waals surface area contributed by atoms with Gasteiger partial charge in [-0.2, -0.15) is 0 Å². The van der Waals surface area contributed by atoms with Crippen molar-refractivity contribution in [2.75, 3.05) is 25.1 Å². The number of hydrogen-bond donors (Lipinski definition) is 1. The van der Waals surface area contributed by atoms with Gasteiger partial charge >= 0.3 is 5.97 Å². The molecule has 2 N–H and O–H groups in total. The number of methoxy groups -OCH3 is 1. The van der Waals surface area contributed by atoms with Gasteiger partial charge in [0, 0.05) is 18.7 Å². The first-order valence-electron chi connectivity index (χ1n) is 6.68. The number of esters is 1. The predicted molar refractivity (Wildman–Crippen MR) is 76.8 cm³/mol. The Morgan fingerprint density at radius 3 is 2.45 bits per heavy atom. The van der Waals surface area contributed by atoms with Gasteiger partial charge in [-0.1, -0.05) is 0 Å². The van der Waals surface area contributed by atoms with Crippen molar-refractivity contribution < 1.29 is 14.3 Å². The third kappa shape index (κ3) is 2.54. The van der Waals surface area contributed by atoms with Crippen LogP contribution in [0.3, 0.4) is 0 Å². The molecule has 1 unspecified atom stereocenters. The molecule has 1 amide bonds. The molecule has 1 saturated heterocycles. The molecule has 1 atom stereocenters. The summed E-state index contributed by atoms with van der Waals surface area (Å²) in [6, 6.07) is 3.52. The van der Waals surface area contributed by atoms with Gasteiger partial charge in [-0.15, -0.1) is 0 Å². The highest BCUT2D eigenvalue weighted by molar-refractivity contribution is 5.98. The fourth-order valence-electron chi connectivity index (χ4n) is 2.77. The highest BCUT2D eigenvalue weighted by Crippen LogP contribution is 2.31. The lowest BCUT2D eigenvalue weighted by molar-refractivity contribution is -0.117. The minimum absolute atomic E-state index is 0.0949. The molecule has 0 saturated carbocycles. The molecule has 1 aliphatic heterocycles. The highest BCUT2D eigenvalue weighted by Gasteiger charge is 2.31. The number of ether oxygens (including phenoxy) is 1. The van der Waals surface area contributed by atoms with Crippen molar-refractivity contribution in [2.24, 2.45) is 11.7 Å². The van der Waals surface area contributed by atoms with Crippen LogP contribution in [0.25, 0.3) is 0 Å². The summed E-state index contributed by atoms with van der Waals surface area (Å²) < 4.78 is 4.73. The van der Waals surface area contributed by atoms with Crippen LogP contribution in [-0.2, 0) is 9.53 Å². The van der Waals surface area contributed by atoms with Crippen molar-refractivity contribution in [3.63, 3.8) is 0 Å². The van der Waals surface area contributed by atoms with E-state index in [0.29, 0.717) is 25.1 Å². The monoisotopic (exact) mass is 276 g/mol. The maximum atomic E-state index is 12.1. The second kappa shape index (κ2) is 5.63. The maximum Gasteiger partial charge on any atom is 0.337 e. The highest BCUT2D eigenvalue weighted by atomic mass is 16.5. The summed E-state index contributed by atoms with van der Waals surface area (Å²) in [6.07, 6.45) is 0.494. The number of nitrogens with zero attached hydrogens (tertiary/aromatic N) is 1. The zero-order chi connectivity index (χ0) is 14.9. The number of rotatable bonds is 3. The van der Waals surface area contributed by atoms with E-state index in [1.807, 2.05) is 13.8 Å². The third-order valence-corrected chi connectivity index (χ3v) is 3.72. The molecule has 1 fully saturated rings. The van der Waals surface area contributed by atoms with Crippen LogP contribution >= 0.6 is 0 Å². The first kappa shape index (κ1) is 14.5. The standard InChI is InChI=1S/C15H20N2O3/c1-9-4-12(15(19)20-3)5-10(2)14(9)17-8-11(7-16)6-13(17)18/h4-5,11H,6-8,16H2,1-3H3. The zero-order valence-electron chi connectivity index (χ0n) is 12.1. The molecule has 1 aromatic carbocycles. The number of amides is 1. The summed E-state index contributed by atoms with van der Waals surface area (Å²) in [5.74, 6) is -0.0608. The van der Waals surface area contributed by atoms with Crippen molar-refractivity contribution in [2.45, 2.75) is 20.3 Å². The number of carbonyl (C=O) groups is 2. The van der Waals surface area contributed by atoms with Gasteiger partial charge in [-0.25, -0.2) is 4.79 Å². The van der Waals surface area contributed by atoms with Crippen LogP contribution in [0.5, 0.6) is 0 Å². The Labute approximate surface area is 118 Å².